The van der Waals surface area contributed by atoms with Crippen LogP contribution >= 0.6 is 11.6 Å². The molecule has 62 valence electrons. The Labute approximate surface area is 77.5 Å². The lowest BCUT2D eigenvalue weighted by molar-refractivity contribution is 0.217. The number of rotatable bonds is 2. The number of aliphatic hydroxyl groups is 1. The number of hydrogen-bond acceptors (Lipinski definition) is 2. The van der Waals surface area contributed by atoms with E-state index in [-0.39, 0.29) is 0 Å². The molecule has 0 aliphatic rings. The summed E-state index contributed by atoms with van der Waals surface area (Å²) in [5.41, 5.74) is 0.406. The van der Waals surface area contributed by atoms with Crippen molar-refractivity contribution in [2.24, 2.45) is 0 Å². The molecule has 0 bridgehead atoms. The predicted molar refractivity (Wildman–Crippen MR) is 48.5 cm³/mol. The summed E-state index contributed by atoms with van der Waals surface area (Å²) < 4.78 is 4.92. The molecule has 0 heterocycles. The van der Waals surface area contributed by atoms with Crippen molar-refractivity contribution in [2.45, 2.75) is 4.96 Å². The van der Waals surface area contributed by atoms with Gasteiger partial charge in [-0.25, -0.2) is 0 Å². The quantitative estimate of drug-likeness (QED) is 0.550. The van der Waals surface area contributed by atoms with Gasteiger partial charge in [0.05, 0.1) is 7.11 Å². The van der Waals surface area contributed by atoms with E-state index in [2.05, 4.69) is 0 Å². The maximum atomic E-state index is 9.20. The molecule has 1 unspecified atom stereocenters. The second kappa shape index (κ2) is 3.38. The molecular formula is C8H8BClO2. The Kier molecular flexibility index (Phi) is 2.65. The molecular weight excluding hydrogens is 174 g/mol. The minimum absolute atomic E-state index is 0.406. The summed E-state index contributed by atoms with van der Waals surface area (Å²) in [6.07, 6.45) is 0. The second-order valence-electron chi connectivity index (χ2n) is 2.41. The minimum atomic E-state index is -1.82. The van der Waals surface area contributed by atoms with Crippen LogP contribution in [-0.2, 0) is 4.96 Å². The summed E-state index contributed by atoms with van der Waals surface area (Å²) in [6, 6.07) is 6.64. The summed E-state index contributed by atoms with van der Waals surface area (Å²) in [5, 5.41) is 9.20. The molecule has 12 heavy (non-hydrogen) atoms. The number of methoxy groups -OCH3 is 1. The van der Waals surface area contributed by atoms with E-state index in [0.29, 0.717) is 11.3 Å². The number of ether oxygens (including phenoxy) is 1. The van der Waals surface area contributed by atoms with Gasteiger partial charge in [-0.05, 0) is 17.7 Å². The average molecular weight is 182 g/mol. The Morgan fingerprint density at radius 1 is 1.58 bits per heavy atom. The van der Waals surface area contributed by atoms with Crippen LogP contribution in [0.25, 0.3) is 0 Å². The molecule has 1 atom stereocenters. The molecule has 1 aromatic rings. The van der Waals surface area contributed by atoms with Crippen molar-refractivity contribution in [3.05, 3.63) is 29.8 Å². The molecule has 4 heteroatoms. The van der Waals surface area contributed by atoms with Gasteiger partial charge < -0.3 is 9.84 Å². The average Bonchev–Trinajstić information content (AvgIpc) is 2.03. The van der Waals surface area contributed by atoms with Crippen molar-refractivity contribution in [1.29, 1.82) is 0 Å². The maximum absolute atomic E-state index is 9.20. The Bertz CT molecular complexity index is 270. The summed E-state index contributed by atoms with van der Waals surface area (Å²) >= 11 is 5.47. The lowest BCUT2D eigenvalue weighted by Crippen LogP contribution is -2.17. The van der Waals surface area contributed by atoms with Gasteiger partial charge in [0.2, 0.25) is 0 Å². The van der Waals surface area contributed by atoms with E-state index >= 15 is 0 Å². The van der Waals surface area contributed by atoms with Crippen molar-refractivity contribution in [1.82, 2.24) is 0 Å². The van der Waals surface area contributed by atoms with Crippen LogP contribution in [0.15, 0.2) is 24.3 Å². The molecule has 0 aliphatic carbocycles. The fraction of sp³-hybridized carbons (Fsp3) is 0.250. The molecule has 0 aromatic heterocycles. The highest BCUT2D eigenvalue weighted by Gasteiger charge is 2.18. The molecule has 0 saturated heterocycles. The molecule has 1 aromatic carbocycles. The van der Waals surface area contributed by atoms with Crippen LogP contribution in [0, 0.1) is 0 Å². The molecule has 0 aliphatic heterocycles. The van der Waals surface area contributed by atoms with Crippen molar-refractivity contribution < 1.29 is 9.84 Å². The Balaban J connectivity index is 3.02. The van der Waals surface area contributed by atoms with Gasteiger partial charge in [0.1, 0.15) is 18.6 Å². The van der Waals surface area contributed by atoms with E-state index < -0.39 is 4.96 Å². The standard InChI is InChI=1S/C8H8BClO2/c1-12-7-4-2-3-6(5-7)8(9,10)11/h2-5,11H,1H3. The zero-order chi connectivity index (χ0) is 9.19. The summed E-state index contributed by atoms with van der Waals surface area (Å²) in [7, 11) is 6.78. The monoisotopic (exact) mass is 182 g/mol. The van der Waals surface area contributed by atoms with Crippen molar-refractivity contribution in [3.63, 3.8) is 0 Å². The molecule has 0 saturated carbocycles. The van der Waals surface area contributed by atoms with Gasteiger partial charge in [0, 0.05) is 0 Å². The van der Waals surface area contributed by atoms with Crippen LogP contribution in [0.5, 0.6) is 5.75 Å². The van der Waals surface area contributed by atoms with E-state index in [1.54, 1.807) is 24.3 Å². The largest absolute Gasteiger partial charge is 0.497 e. The molecule has 2 radical (unpaired) electrons. The fourth-order valence-electron chi connectivity index (χ4n) is 0.841. The SMILES string of the molecule is [B]C(O)(Cl)c1cccc(OC)c1. The smallest absolute Gasteiger partial charge is 0.142 e. The Hall–Kier alpha value is -0.665. The van der Waals surface area contributed by atoms with E-state index in [4.69, 9.17) is 24.2 Å². The van der Waals surface area contributed by atoms with E-state index in [0.717, 1.165) is 0 Å². The van der Waals surface area contributed by atoms with Gasteiger partial charge >= 0.3 is 0 Å². The van der Waals surface area contributed by atoms with Gasteiger partial charge in [-0.15, -0.1) is 0 Å². The van der Waals surface area contributed by atoms with Crippen LogP contribution in [0.2, 0.25) is 0 Å². The third-order valence-corrected chi connectivity index (χ3v) is 1.69. The molecule has 1 N–H and O–H groups in total. The van der Waals surface area contributed by atoms with Crippen LogP contribution in [0.4, 0.5) is 0 Å². The third kappa shape index (κ3) is 2.16. The summed E-state index contributed by atoms with van der Waals surface area (Å²) in [5.74, 6) is 0.608. The highest BCUT2D eigenvalue weighted by atomic mass is 35.5. The Morgan fingerprint density at radius 3 is 2.75 bits per heavy atom. The van der Waals surface area contributed by atoms with Crippen LogP contribution < -0.4 is 4.74 Å². The van der Waals surface area contributed by atoms with Gasteiger partial charge in [-0.3, -0.25) is 0 Å². The van der Waals surface area contributed by atoms with Gasteiger partial charge in [-0.2, -0.15) is 0 Å². The Morgan fingerprint density at radius 2 is 2.25 bits per heavy atom. The minimum Gasteiger partial charge on any atom is -0.497 e. The van der Waals surface area contributed by atoms with Crippen molar-refractivity contribution in [3.8, 4) is 5.75 Å². The first-order chi connectivity index (χ1) is 5.54. The first kappa shape index (κ1) is 9.42. The first-order valence-electron chi connectivity index (χ1n) is 3.39. The van der Waals surface area contributed by atoms with Gasteiger partial charge in [0.15, 0.2) is 0 Å². The first-order valence-corrected chi connectivity index (χ1v) is 3.76. The highest BCUT2D eigenvalue weighted by molar-refractivity contribution is 6.42. The zero-order valence-electron chi connectivity index (χ0n) is 6.62. The topological polar surface area (TPSA) is 29.5 Å². The van der Waals surface area contributed by atoms with E-state index in [1.807, 2.05) is 0 Å². The van der Waals surface area contributed by atoms with Crippen LogP contribution in [0.1, 0.15) is 5.56 Å². The van der Waals surface area contributed by atoms with Gasteiger partial charge in [-0.1, -0.05) is 23.7 Å². The molecule has 0 amide bonds. The van der Waals surface area contributed by atoms with Crippen molar-refractivity contribution >= 4 is 19.4 Å². The third-order valence-electron chi connectivity index (χ3n) is 1.47. The summed E-state index contributed by atoms with van der Waals surface area (Å²) in [6.45, 7) is 0. The zero-order valence-corrected chi connectivity index (χ0v) is 7.38. The van der Waals surface area contributed by atoms with Crippen LogP contribution in [0.3, 0.4) is 0 Å². The lowest BCUT2D eigenvalue weighted by Gasteiger charge is -2.16. The van der Waals surface area contributed by atoms with E-state index in [1.165, 1.54) is 7.11 Å². The molecule has 0 spiro atoms. The number of alkyl halides is 1. The maximum Gasteiger partial charge on any atom is 0.142 e. The fourth-order valence-corrected chi connectivity index (χ4v) is 0.959. The number of hydrogen-bond donors (Lipinski definition) is 1. The lowest BCUT2D eigenvalue weighted by atomic mass is 9.91. The van der Waals surface area contributed by atoms with E-state index in [9.17, 15) is 5.11 Å². The number of benzene rings is 1. The molecule has 1 rings (SSSR count). The van der Waals surface area contributed by atoms with Crippen molar-refractivity contribution in [2.75, 3.05) is 7.11 Å². The number of halogens is 1. The summed E-state index contributed by atoms with van der Waals surface area (Å²) in [4.78, 5) is -1.82. The highest BCUT2D eigenvalue weighted by Crippen LogP contribution is 2.24. The molecule has 0 fully saturated rings. The second-order valence-corrected chi connectivity index (χ2v) is 2.98. The van der Waals surface area contributed by atoms with Crippen LogP contribution in [-0.4, -0.2) is 20.1 Å². The molecule has 2 nitrogen and oxygen atoms in total. The van der Waals surface area contributed by atoms with Gasteiger partial charge in [0.25, 0.3) is 0 Å². The predicted octanol–water partition coefficient (Wildman–Crippen LogP) is 1.21. The normalized spacial score (nSPS) is 15.2.